The average molecular weight is 414 g/mol. The minimum absolute atomic E-state index is 0. The molecule has 27 heavy (non-hydrogen) atoms. The summed E-state index contributed by atoms with van der Waals surface area (Å²) in [6, 6.07) is 6.44. The third-order valence-corrected chi connectivity index (χ3v) is 5.56. The molecule has 2 aromatic rings. The first kappa shape index (κ1) is 21.9. The molecular weight excluding hydrogens is 388 g/mol. The van der Waals surface area contributed by atoms with Gasteiger partial charge in [0.15, 0.2) is 0 Å². The maximum absolute atomic E-state index is 13.8. The summed E-state index contributed by atoms with van der Waals surface area (Å²) in [6.07, 6.45) is 6.52. The molecule has 1 amide bonds. The number of nitrogens with one attached hydrogen (secondary N) is 1. The second-order valence-electron chi connectivity index (χ2n) is 7.39. The largest absolute Gasteiger partial charge is 0.349 e. The molecule has 1 aromatic carbocycles. The molecule has 4 rings (SSSR count). The van der Waals surface area contributed by atoms with Gasteiger partial charge in [0.1, 0.15) is 5.82 Å². The molecule has 0 radical (unpaired) electrons. The number of halogens is 3. The lowest BCUT2D eigenvalue weighted by atomic mass is 9.84. The Hall–Kier alpha value is -1.43. The zero-order valence-corrected chi connectivity index (χ0v) is 16.8. The van der Waals surface area contributed by atoms with Crippen LogP contribution >= 0.6 is 24.8 Å². The molecule has 1 heterocycles. The third kappa shape index (κ3) is 4.71. The fraction of sp³-hybridized carbons (Fsp3) is 0.500. The molecule has 4 nitrogen and oxygen atoms in total. The Bertz CT molecular complexity index is 813. The molecule has 0 bridgehead atoms. The molecule has 148 valence electrons. The smallest absolute Gasteiger partial charge is 0.252 e. The number of pyridine rings is 1. The Labute approximate surface area is 171 Å². The van der Waals surface area contributed by atoms with Crippen molar-refractivity contribution in [3.05, 3.63) is 41.3 Å². The highest BCUT2D eigenvalue weighted by Gasteiger charge is 2.29. The molecule has 2 atom stereocenters. The second-order valence-corrected chi connectivity index (χ2v) is 7.39. The highest BCUT2D eigenvalue weighted by atomic mass is 35.5. The van der Waals surface area contributed by atoms with Crippen molar-refractivity contribution in [2.75, 3.05) is 6.54 Å². The van der Waals surface area contributed by atoms with Crippen LogP contribution in [0.1, 0.15) is 60.5 Å². The van der Waals surface area contributed by atoms with Crippen molar-refractivity contribution < 1.29 is 9.18 Å². The summed E-state index contributed by atoms with van der Waals surface area (Å²) in [5.41, 5.74) is 8.05. The van der Waals surface area contributed by atoms with Crippen LogP contribution in [-0.4, -0.2) is 23.5 Å². The number of benzene rings is 1. The van der Waals surface area contributed by atoms with E-state index in [2.05, 4.69) is 10.3 Å². The van der Waals surface area contributed by atoms with Crippen LogP contribution in [0.5, 0.6) is 0 Å². The van der Waals surface area contributed by atoms with Crippen molar-refractivity contribution in [2.24, 2.45) is 11.7 Å². The van der Waals surface area contributed by atoms with E-state index < -0.39 is 0 Å². The van der Waals surface area contributed by atoms with E-state index in [0.717, 1.165) is 37.8 Å². The van der Waals surface area contributed by atoms with Gasteiger partial charge in [0.25, 0.3) is 5.91 Å². The summed E-state index contributed by atoms with van der Waals surface area (Å²) in [4.78, 5) is 17.6. The van der Waals surface area contributed by atoms with E-state index in [1.807, 2.05) is 6.07 Å². The van der Waals surface area contributed by atoms with Crippen LogP contribution in [0.4, 0.5) is 4.39 Å². The zero-order chi connectivity index (χ0) is 17.4. The molecule has 0 saturated heterocycles. The molecule has 2 aliphatic rings. The Balaban J connectivity index is 0.00000131. The number of amides is 1. The topological polar surface area (TPSA) is 68.0 Å². The normalized spacial score (nSPS) is 21.9. The lowest BCUT2D eigenvalue weighted by Crippen LogP contribution is -2.44. The molecular formula is C20H26Cl2FN3O. The van der Waals surface area contributed by atoms with Gasteiger partial charge in [-0.1, -0.05) is 12.8 Å². The predicted octanol–water partition coefficient (Wildman–Crippen LogP) is 4.34. The minimum Gasteiger partial charge on any atom is -0.349 e. The lowest BCUT2D eigenvalue weighted by Gasteiger charge is -2.31. The third-order valence-electron chi connectivity index (χ3n) is 5.56. The Morgan fingerprint density at radius 2 is 1.89 bits per heavy atom. The van der Waals surface area contributed by atoms with Crippen molar-refractivity contribution in [3.63, 3.8) is 0 Å². The molecule has 3 N–H and O–H groups in total. The fourth-order valence-electron chi connectivity index (χ4n) is 3.92. The van der Waals surface area contributed by atoms with E-state index in [1.165, 1.54) is 18.6 Å². The number of fused-ring (bicyclic) bond motifs is 1. The maximum atomic E-state index is 13.8. The van der Waals surface area contributed by atoms with E-state index in [-0.39, 0.29) is 42.6 Å². The standard InChI is InChI=1S/C20H24FN3O.2ClH/c21-14-7-8-18-15(9-14)16(10-19(23-18)12-5-6-12)20(25)24-17-4-2-1-3-13(17)11-22;;/h7-10,12-13,17H,1-6,11,22H2,(H,24,25);2*1H. The van der Waals surface area contributed by atoms with Gasteiger partial charge in [0.05, 0.1) is 11.1 Å². The van der Waals surface area contributed by atoms with Gasteiger partial charge in [-0.25, -0.2) is 4.39 Å². The predicted molar refractivity (Wildman–Crippen MR) is 110 cm³/mol. The molecule has 2 saturated carbocycles. The van der Waals surface area contributed by atoms with Crippen molar-refractivity contribution in [3.8, 4) is 0 Å². The summed E-state index contributed by atoms with van der Waals surface area (Å²) in [5.74, 6) is 0.281. The summed E-state index contributed by atoms with van der Waals surface area (Å²) in [6.45, 7) is 0.587. The van der Waals surface area contributed by atoms with Crippen LogP contribution in [0.3, 0.4) is 0 Å². The van der Waals surface area contributed by atoms with Gasteiger partial charge in [-0.05, 0) is 62.4 Å². The van der Waals surface area contributed by atoms with Gasteiger partial charge in [0.2, 0.25) is 0 Å². The number of rotatable bonds is 4. The van der Waals surface area contributed by atoms with E-state index in [0.29, 0.717) is 34.8 Å². The summed E-state index contributed by atoms with van der Waals surface area (Å²) < 4.78 is 13.8. The number of nitrogens with zero attached hydrogens (tertiary/aromatic N) is 1. The van der Waals surface area contributed by atoms with Gasteiger partial charge >= 0.3 is 0 Å². The van der Waals surface area contributed by atoms with E-state index in [9.17, 15) is 9.18 Å². The van der Waals surface area contributed by atoms with Gasteiger partial charge in [-0.2, -0.15) is 0 Å². The van der Waals surface area contributed by atoms with E-state index in [1.54, 1.807) is 6.07 Å². The number of nitrogens with two attached hydrogens (primary N) is 1. The zero-order valence-electron chi connectivity index (χ0n) is 15.1. The second kappa shape index (κ2) is 9.18. The SMILES string of the molecule is Cl.Cl.NCC1CCCCC1NC(=O)c1cc(C2CC2)nc2ccc(F)cc12. The quantitative estimate of drug-likeness (QED) is 0.782. The first-order chi connectivity index (χ1) is 12.2. The number of hydrogen-bond acceptors (Lipinski definition) is 3. The van der Waals surface area contributed by atoms with Crippen molar-refractivity contribution in [2.45, 2.75) is 50.5 Å². The highest BCUT2D eigenvalue weighted by molar-refractivity contribution is 6.06. The number of aromatic nitrogens is 1. The van der Waals surface area contributed by atoms with Crippen LogP contribution in [0.2, 0.25) is 0 Å². The van der Waals surface area contributed by atoms with Crippen LogP contribution in [-0.2, 0) is 0 Å². The van der Waals surface area contributed by atoms with Gasteiger partial charge in [0, 0.05) is 23.0 Å². The van der Waals surface area contributed by atoms with E-state index >= 15 is 0 Å². The molecule has 2 aliphatic carbocycles. The molecule has 1 aromatic heterocycles. The monoisotopic (exact) mass is 413 g/mol. The lowest BCUT2D eigenvalue weighted by molar-refractivity contribution is 0.0909. The van der Waals surface area contributed by atoms with Crippen LogP contribution in [0.15, 0.2) is 24.3 Å². The number of hydrogen-bond donors (Lipinski definition) is 2. The van der Waals surface area contributed by atoms with Crippen LogP contribution in [0.25, 0.3) is 10.9 Å². The molecule has 2 fully saturated rings. The maximum Gasteiger partial charge on any atom is 0.252 e. The molecule has 0 spiro atoms. The van der Waals surface area contributed by atoms with Gasteiger partial charge in [-0.3, -0.25) is 9.78 Å². The highest BCUT2D eigenvalue weighted by Crippen LogP contribution is 2.40. The first-order valence-electron chi connectivity index (χ1n) is 9.27. The average Bonchev–Trinajstić information content (AvgIpc) is 3.46. The van der Waals surface area contributed by atoms with Crippen LogP contribution in [0, 0.1) is 11.7 Å². The first-order valence-corrected chi connectivity index (χ1v) is 9.27. The molecule has 0 aliphatic heterocycles. The Morgan fingerprint density at radius 1 is 1.15 bits per heavy atom. The Kier molecular flexibility index (Phi) is 7.43. The summed E-state index contributed by atoms with van der Waals surface area (Å²) in [7, 11) is 0. The van der Waals surface area contributed by atoms with Crippen molar-refractivity contribution in [1.82, 2.24) is 10.3 Å². The minimum atomic E-state index is -0.347. The number of carbonyl (C=O) groups is 1. The number of carbonyl (C=O) groups excluding carboxylic acids is 1. The Morgan fingerprint density at radius 3 is 2.59 bits per heavy atom. The van der Waals surface area contributed by atoms with Gasteiger partial charge in [-0.15, -0.1) is 24.8 Å². The molecule has 7 heteroatoms. The molecule has 2 unspecified atom stereocenters. The summed E-state index contributed by atoms with van der Waals surface area (Å²) >= 11 is 0. The van der Waals surface area contributed by atoms with Crippen LogP contribution < -0.4 is 11.1 Å². The van der Waals surface area contributed by atoms with E-state index in [4.69, 9.17) is 5.73 Å². The van der Waals surface area contributed by atoms with Crippen molar-refractivity contribution in [1.29, 1.82) is 0 Å². The van der Waals surface area contributed by atoms with Crippen molar-refractivity contribution >= 4 is 41.6 Å². The summed E-state index contributed by atoms with van der Waals surface area (Å²) in [5, 5.41) is 3.75. The van der Waals surface area contributed by atoms with Gasteiger partial charge < -0.3 is 11.1 Å². The fourth-order valence-corrected chi connectivity index (χ4v) is 3.92.